The van der Waals surface area contributed by atoms with Crippen molar-refractivity contribution in [2.24, 2.45) is 0 Å². The highest BCUT2D eigenvalue weighted by Crippen LogP contribution is 2.45. The number of rotatable bonds is 3. The van der Waals surface area contributed by atoms with E-state index >= 15 is 0 Å². The average molecular weight is 320 g/mol. The minimum atomic E-state index is -0.531. The fourth-order valence-electron chi connectivity index (χ4n) is 3.49. The summed E-state index contributed by atoms with van der Waals surface area (Å²) in [7, 11) is 0. The van der Waals surface area contributed by atoms with E-state index in [1.54, 1.807) is 21.9 Å². The van der Waals surface area contributed by atoms with Crippen molar-refractivity contribution < 1.29 is 19.1 Å². The first-order valence-corrected chi connectivity index (χ1v) is 8.01. The van der Waals surface area contributed by atoms with Gasteiger partial charge >= 0.3 is 0 Å². The Morgan fingerprint density at radius 2 is 1.61 bits per heavy atom. The Hall–Kier alpha value is -1.95. The summed E-state index contributed by atoms with van der Waals surface area (Å²) in [5, 5.41) is 8.91. The summed E-state index contributed by atoms with van der Waals surface area (Å²) in [6.45, 7) is 1.36. The second-order valence-electron chi connectivity index (χ2n) is 6.27. The number of halogens is 1. The Morgan fingerprint density at radius 3 is 2.09 bits per heavy atom. The number of aliphatic hydroxyl groups excluding tert-OH is 1. The predicted molar refractivity (Wildman–Crippen MR) is 82.2 cm³/mol. The minimum Gasteiger partial charge on any atom is -0.387 e. The van der Waals surface area contributed by atoms with Crippen LogP contribution in [0.5, 0.6) is 0 Å². The summed E-state index contributed by atoms with van der Waals surface area (Å²) < 4.78 is 13.2. The standard InChI is InChI=1S/C17H21FN2O3/c18-14-4-2-13(3-5-14)17(6-1-7-17)16(23)20-10-8-19(9-11-20)15(22)12-21/h2-5,21H,1,6-12H2. The zero-order valence-corrected chi connectivity index (χ0v) is 13.0. The highest BCUT2D eigenvalue weighted by atomic mass is 19.1. The quantitative estimate of drug-likeness (QED) is 0.900. The Morgan fingerprint density at radius 1 is 1.04 bits per heavy atom. The van der Waals surface area contributed by atoms with Crippen LogP contribution >= 0.6 is 0 Å². The van der Waals surface area contributed by atoms with Crippen LogP contribution in [0.25, 0.3) is 0 Å². The number of carbonyl (C=O) groups excluding carboxylic acids is 2. The van der Waals surface area contributed by atoms with Crippen LogP contribution in [0.3, 0.4) is 0 Å². The summed E-state index contributed by atoms with van der Waals surface area (Å²) in [4.78, 5) is 27.9. The molecular weight excluding hydrogens is 299 g/mol. The molecule has 1 N–H and O–H groups in total. The van der Waals surface area contributed by atoms with E-state index in [0.29, 0.717) is 26.2 Å². The first kappa shape index (κ1) is 15.9. The molecule has 0 unspecified atom stereocenters. The molecule has 1 aromatic carbocycles. The van der Waals surface area contributed by atoms with Crippen LogP contribution < -0.4 is 0 Å². The van der Waals surface area contributed by atoms with Crippen molar-refractivity contribution in [2.45, 2.75) is 24.7 Å². The van der Waals surface area contributed by atoms with Gasteiger partial charge in [-0.1, -0.05) is 18.6 Å². The van der Waals surface area contributed by atoms with Crippen LogP contribution in [-0.2, 0) is 15.0 Å². The number of amides is 2. The maximum absolute atomic E-state index is 13.2. The van der Waals surface area contributed by atoms with Gasteiger partial charge in [-0.2, -0.15) is 0 Å². The van der Waals surface area contributed by atoms with E-state index in [1.807, 2.05) is 0 Å². The van der Waals surface area contributed by atoms with E-state index < -0.39 is 12.0 Å². The largest absolute Gasteiger partial charge is 0.387 e. The molecule has 124 valence electrons. The first-order valence-electron chi connectivity index (χ1n) is 8.01. The number of hydrogen-bond donors (Lipinski definition) is 1. The van der Waals surface area contributed by atoms with E-state index in [0.717, 1.165) is 24.8 Å². The van der Waals surface area contributed by atoms with Crippen molar-refractivity contribution in [3.63, 3.8) is 0 Å². The van der Waals surface area contributed by atoms with Gasteiger partial charge in [-0.25, -0.2) is 4.39 Å². The van der Waals surface area contributed by atoms with Crippen LogP contribution in [0, 0.1) is 5.82 Å². The maximum Gasteiger partial charge on any atom is 0.248 e. The molecule has 1 saturated carbocycles. The molecule has 0 atom stereocenters. The summed E-state index contributed by atoms with van der Waals surface area (Å²) in [6, 6.07) is 6.22. The molecule has 1 aromatic rings. The van der Waals surface area contributed by atoms with Crippen molar-refractivity contribution in [3.8, 4) is 0 Å². The average Bonchev–Trinajstić information content (AvgIpc) is 2.55. The maximum atomic E-state index is 13.2. The molecule has 1 heterocycles. The summed E-state index contributed by atoms with van der Waals surface area (Å²) in [5.74, 6) is -0.521. The van der Waals surface area contributed by atoms with Crippen LogP contribution in [0.4, 0.5) is 4.39 Å². The van der Waals surface area contributed by atoms with Crippen molar-refractivity contribution in [2.75, 3.05) is 32.8 Å². The monoisotopic (exact) mass is 320 g/mol. The lowest BCUT2D eigenvalue weighted by atomic mass is 9.63. The molecule has 2 amide bonds. The van der Waals surface area contributed by atoms with Gasteiger partial charge in [0.25, 0.3) is 0 Å². The van der Waals surface area contributed by atoms with Crippen molar-refractivity contribution in [1.29, 1.82) is 0 Å². The molecule has 1 aliphatic carbocycles. The van der Waals surface area contributed by atoms with Crippen molar-refractivity contribution in [3.05, 3.63) is 35.6 Å². The Labute approximate surface area is 134 Å². The fourth-order valence-corrected chi connectivity index (χ4v) is 3.49. The fraction of sp³-hybridized carbons (Fsp3) is 0.529. The predicted octanol–water partition coefficient (Wildman–Crippen LogP) is 0.911. The lowest BCUT2D eigenvalue weighted by Gasteiger charge is -2.46. The zero-order chi connectivity index (χ0) is 16.4. The van der Waals surface area contributed by atoms with E-state index in [2.05, 4.69) is 0 Å². The lowest BCUT2D eigenvalue weighted by Crippen LogP contribution is -2.57. The first-order chi connectivity index (χ1) is 11.1. The molecule has 2 fully saturated rings. The van der Waals surface area contributed by atoms with Crippen LogP contribution in [0.15, 0.2) is 24.3 Å². The van der Waals surface area contributed by atoms with Gasteiger partial charge in [0, 0.05) is 26.2 Å². The summed E-state index contributed by atoms with van der Waals surface area (Å²) in [6.07, 6.45) is 2.56. The molecule has 1 aliphatic heterocycles. The second kappa shape index (κ2) is 6.28. The van der Waals surface area contributed by atoms with Gasteiger partial charge in [-0.15, -0.1) is 0 Å². The highest BCUT2D eigenvalue weighted by molar-refractivity contribution is 5.89. The van der Waals surface area contributed by atoms with Crippen LogP contribution in [0.1, 0.15) is 24.8 Å². The third-order valence-corrected chi connectivity index (χ3v) is 5.07. The number of piperazine rings is 1. The third-order valence-electron chi connectivity index (χ3n) is 5.07. The molecule has 0 radical (unpaired) electrons. The number of carbonyl (C=O) groups is 2. The Kier molecular flexibility index (Phi) is 4.35. The molecule has 1 saturated heterocycles. The molecule has 23 heavy (non-hydrogen) atoms. The number of benzene rings is 1. The molecule has 0 spiro atoms. The molecule has 6 heteroatoms. The Balaban J connectivity index is 1.72. The van der Waals surface area contributed by atoms with Gasteiger partial charge in [0.1, 0.15) is 12.4 Å². The molecule has 2 aliphatic rings. The minimum absolute atomic E-state index is 0.0754. The van der Waals surface area contributed by atoms with E-state index in [1.165, 1.54) is 12.1 Å². The SMILES string of the molecule is O=C(CO)N1CCN(C(=O)C2(c3ccc(F)cc3)CCC2)CC1. The van der Waals surface area contributed by atoms with Crippen LogP contribution in [-0.4, -0.2) is 59.5 Å². The normalized spacial score (nSPS) is 20.1. The smallest absolute Gasteiger partial charge is 0.248 e. The second-order valence-corrected chi connectivity index (χ2v) is 6.27. The van der Waals surface area contributed by atoms with E-state index in [4.69, 9.17) is 5.11 Å². The van der Waals surface area contributed by atoms with Gasteiger partial charge in [-0.3, -0.25) is 9.59 Å². The van der Waals surface area contributed by atoms with Gasteiger partial charge in [0.15, 0.2) is 0 Å². The van der Waals surface area contributed by atoms with Crippen molar-refractivity contribution >= 4 is 11.8 Å². The Bertz CT molecular complexity index is 590. The number of nitrogens with zero attached hydrogens (tertiary/aromatic N) is 2. The van der Waals surface area contributed by atoms with Crippen molar-refractivity contribution in [1.82, 2.24) is 9.80 Å². The molecular formula is C17H21FN2O3. The molecule has 0 aromatic heterocycles. The van der Waals surface area contributed by atoms with Gasteiger partial charge in [0.2, 0.25) is 11.8 Å². The molecule has 5 nitrogen and oxygen atoms in total. The van der Waals surface area contributed by atoms with E-state index in [9.17, 15) is 14.0 Å². The van der Waals surface area contributed by atoms with E-state index in [-0.39, 0.29) is 17.6 Å². The number of hydrogen-bond acceptors (Lipinski definition) is 3. The highest BCUT2D eigenvalue weighted by Gasteiger charge is 2.48. The van der Waals surface area contributed by atoms with Gasteiger partial charge < -0.3 is 14.9 Å². The van der Waals surface area contributed by atoms with Gasteiger partial charge in [0.05, 0.1) is 5.41 Å². The van der Waals surface area contributed by atoms with Crippen LogP contribution in [0.2, 0.25) is 0 Å². The lowest BCUT2D eigenvalue weighted by molar-refractivity contribution is -0.146. The number of aliphatic hydroxyl groups is 1. The summed E-state index contributed by atoms with van der Waals surface area (Å²) >= 11 is 0. The molecule has 0 bridgehead atoms. The van der Waals surface area contributed by atoms with Gasteiger partial charge in [-0.05, 0) is 30.5 Å². The third kappa shape index (κ3) is 2.83. The zero-order valence-electron chi connectivity index (χ0n) is 13.0. The topological polar surface area (TPSA) is 60.9 Å². The summed E-state index contributed by atoms with van der Waals surface area (Å²) in [5.41, 5.74) is 0.348. The molecule has 3 rings (SSSR count).